The van der Waals surface area contributed by atoms with Gasteiger partial charge in [0.1, 0.15) is 48.3 Å². The molecule has 2 aliphatic rings. The number of unbranched alkanes of at least 4 members (excludes halogenated alkanes) is 2. The third kappa shape index (κ3) is 19.5. The fourth-order valence-corrected chi connectivity index (χ4v) is 10.2. The van der Waals surface area contributed by atoms with Crippen LogP contribution in [0.5, 0.6) is 0 Å². The largest absolute Gasteiger partial charge is 0.370 e. The van der Waals surface area contributed by atoms with E-state index in [1.54, 1.807) is 37.4 Å². The van der Waals surface area contributed by atoms with Crippen LogP contribution in [0.25, 0.3) is 10.9 Å². The van der Waals surface area contributed by atoms with Gasteiger partial charge in [-0.2, -0.15) is 0 Å². The van der Waals surface area contributed by atoms with Gasteiger partial charge in [-0.1, -0.05) is 74.7 Å². The summed E-state index contributed by atoms with van der Waals surface area (Å²) in [5.74, 6) is -5.33. The Hall–Kier alpha value is -8.25. The predicted molar refractivity (Wildman–Crippen MR) is 307 cm³/mol. The highest BCUT2D eigenvalue weighted by molar-refractivity contribution is 5.99. The number of nitrogens with two attached hydrogens (primary N) is 4. The lowest BCUT2D eigenvalue weighted by Crippen LogP contribution is -2.60. The van der Waals surface area contributed by atoms with E-state index in [0.717, 1.165) is 17.3 Å². The second kappa shape index (κ2) is 32.1. The zero-order valence-corrected chi connectivity index (χ0v) is 47.1. The molecule has 2 aliphatic heterocycles. The molecule has 0 spiro atoms. The van der Waals surface area contributed by atoms with E-state index in [1.165, 1.54) is 23.6 Å². The predicted octanol–water partition coefficient (Wildman–Crippen LogP) is -0.293. The average Bonchev–Trinajstić information content (AvgIpc) is 4.24. The minimum absolute atomic E-state index is 0.00286. The molecule has 2 aromatic carbocycles. The summed E-state index contributed by atoms with van der Waals surface area (Å²) in [6.45, 7) is 7.74. The lowest BCUT2D eigenvalue weighted by molar-refractivity contribution is -0.143. The van der Waals surface area contributed by atoms with Gasteiger partial charge >= 0.3 is 0 Å². The zero-order chi connectivity index (χ0) is 59.0. The van der Waals surface area contributed by atoms with Crippen molar-refractivity contribution in [2.24, 2.45) is 32.9 Å². The number of para-hydroxylation sites is 1. The number of nitrogens with one attached hydrogen (secondary N) is 8. The van der Waals surface area contributed by atoms with Crippen LogP contribution in [-0.4, -0.2) is 161 Å². The van der Waals surface area contributed by atoms with Crippen LogP contribution in [-0.2, 0) is 56.0 Å². The van der Waals surface area contributed by atoms with Gasteiger partial charge in [0.05, 0.1) is 0 Å². The van der Waals surface area contributed by atoms with Crippen molar-refractivity contribution in [1.82, 2.24) is 52.0 Å². The maximum absolute atomic E-state index is 14.9. The minimum Gasteiger partial charge on any atom is -0.370 e. The first-order chi connectivity index (χ1) is 38.8. The number of guanidine groups is 2. The van der Waals surface area contributed by atoms with Gasteiger partial charge in [-0.15, -0.1) is 0 Å². The molecule has 0 aliphatic carbocycles. The van der Waals surface area contributed by atoms with Crippen molar-refractivity contribution in [3.63, 3.8) is 0 Å². The van der Waals surface area contributed by atoms with Crippen LogP contribution < -0.4 is 60.2 Å². The number of carbonyl (C=O) groups excluding carboxylic acids is 9. The molecule has 16 N–H and O–H groups in total. The van der Waals surface area contributed by atoms with Crippen molar-refractivity contribution in [1.29, 1.82) is 0 Å². The monoisotopic (exact) mass is 1120 g/mol. The van der Waals surface area contributed by atoms with Crippen molar-refractivity contribution >= 4 is 76.0 Å². The SMILES string of the molecule is CCCCC[C@H](NC(=O)[C@H](Cc1c[nH]c2ccccc12)NC(=O)[C@H](CCCN=C(N)N)NC(C)=O)C(=O)N[C@@H](Cc1ccccc1)C(=O)N1CCC[C@H]1C(=O)N[C@@H](C)C(=O)N[C@@H](CCCN=C(N)N)C(=O)N1CCC[C@H]1C(=O)NCC. The molecular formula is C56H84N16O9. The number of carbonyl (C=O) groups is 9. The maximum atomic E-state index is 14.9. The van der Waals surface area contributed by atoms with Crippen LogP contribution in [0.3, 0.4) is 0 Å². The molecule has 2 fully saturated rings. The van der Waals surface area contributed by atoms with Gasteiger partial charge in [-0.25, -0.2) is 0 Å². The van der Waals surface area contributed by atoms with E-state index in [9.17, 15) is 43.2 Å². The van der Waals surface area contributed by atoms with Gasteiger partial charge in [0, 0.05) is 69.6 Å². The molecule has 0 bridgehead atoms. The molecule has 0 unspecified atom stereocenters. The molecule has 3 heterocycles. The Morgan fingerprint density at radius 1 is 0.593 bits per heavy atom. The van der Waals surface area contributed by atoms with Crippen LogP contribution in [0.4, 0.5) is 0 Å². The van der Waals surface area contributed by atoms with Crippen molar-refractivity contribution < 1.29 is 43.2 Å². The Bertz CT molecular complexity index is 2690. The number of hydrogen-bond acceptors (Lipinski definition) is 11. The van der Waals surface area contributed by atoms with Gasteiger partial charge in [0.2, 0.25) is 53.2 Å². The molecule has 442 valence electrons. The molecule has 2 saturated heterocycles. The normalized spacial score (nSPS) is 17.0. The second-order valence-corrected chi connectivity index (χ2v) is 20.6. The quantitative estimate of drug-likeness (QED) is 0.0224. The number of aromatic nitrogens is 1. The number of likely N-dealkylation sites (N-methyl/N-ethyl adjacent to an activating group) is 1. The van der Waals surface area contributed by atoms with E-state index in [0.29, 0.717) is 69.2 Å². The number of fused-ring (bicyclic) bond motifs is 1. The Morgan fingerprint density at radius 3 is 1.72 bits per heavy atom. The van der Waals surface area contributed by atoms with E-state index < -0.39 is 95.6 Å². The number of H-pyrrole nitrogens is 1. The molecule has 0 radical (unpaired) electrons. The number of hydrogen-bond donors (Lipinski definition) is 12. The molecule has 0 saturated carbocycles. The topological polar surface area (TPSA) is 389 Å². The molecule has 5 rings (SSSR count). The number of aromatic amines is 1. The summed E-state index contributed by atoms with van der Waals surface area (Å²) in [5, 5.41) is 20.4. The van der Waals surface area contributed by atoms with Gasteiger partial charge in [0.15, 0.2) is 11.9 Å². The fourth-order valence-electron chi connectivity index (χ4n) is 10.2. The van der Waals surface area contributed by atoms with Gasteiger partial charge in [-0.05, 0) is 88.8 Å². The first kappa shape index (κ1) is 63.6. The standard InChI is InChI=1S/C56H84N16O9/c1-5-7-9-22-41(67-50(77)43(32-37-33-64-39-21-13-12-20-38(37)39)69-48(75)40(66-35(4)73)23-14-27-62-55(57)58)49(76)70-44(31-36-18-10-8-11-19-36)54(81)72-30-17-26-46(72)52(79)65-34(3)47(74)68-42(24-15-28-63-56(59)60)53(80)71-29-16-25-45(71)51(78)61-6-2/h8,10-13,18-21,33-34,40-46,64H,5-7,9,14-17,22-32H2,1-4H3,(H,61,78)(H,65,79)(H,66,73)(H,67,77)(H,68,74)(H,69,75)(H,70,76)(H4,57,58,62)(H4,59,60,63)/t34-,40-,41-,42-,43-,44-,45-,46-/m0/s1. The summed E-state index contributed by atoms with van der Waals surface area (Å²) in [5.41, 5.74) is 24.2. The third-order valence-electron chi connectivity index (χ3n) is 14.3. The summed E-state index contributed by atoms with van der Waals surface area (Å²) in [6, 6.07) is 7.75. The van der Waals surface area contributed by atoms with E-state index in [4.69, 9.17) is 22.9 Å². The van der Waals surface area contributed by atoms with Crippen molar-refractivity contribution in [3.05, 3.63) is 71.9 Å². The molecule has 25 nitrogen and oxygen atoms in total. The summed E-state index contributed by atoms with van der Waals surface area (Å²) >= 11 is 0. The number of amides is 9. The Kier molecular flexibility index (Phi) is 25.2. The summed E-state index contributed by atoms with van der Waals surface area (Å²) in [7, 11) is 0. The number of likely N-dealkylation sites (tertiary alicyclic amines) is 2. The molecule has 1 aromatic heterocycles. The Balaban J connectivity index is 1.35. The highest BCUT2D eigenvalue weighted by atomic mass is 16.2. The smallest absolute Gasteiger partial charge is 0.246 e. The van der Waals surface area contributed by atoms with Gasteiger partial charge in [-0.3, -0.25) is 53.1 Å². The van der Waals surface area contributed by atoms with Gasteiger partial charge < -0.3 is 74.9 Å². The number of nitrogens with zero attached hydrogens (tertiary/aromatic N) is 4. The molecule has 8 atom stereocenters. The van der Waals surface area contributed by atoms with Gasteiger partial charge in [0.25, 0.3) is 0 Å². The number of aliphatic imine (C=N–C) groups is 2. The Labute approximate surface area is 473 Å². The second-order valence-electron chi connectivity index (χ2n) is 20.6. The molecule has 81 heavy (non-hydrogen) atoms. The van der Waals surface area contributed by atoms with E-state index in [1.807, 2.05) is 37.3 Å². The first-order valence-corrected chi connectivity index (χ1v) is 28.2. The zero-order valence-electron chi connectivity index (χ0n) is 47.1. The fraction of sp³-hybridized carbons (Fsp3) is 0.554. The first-order valence-electron chi connectivity index (χ1n) is 28.2. The van der Waals surface area contributed by atoms with Crippen LogP contribution >= 0.6 is 0 Å². The molecule has 9 amide bonds. The number of benzene rings is 2. The van der Waals surface area contributed by atoms with E-state index >= 15 is 0 Å². The van der Waals surface area contributed by atoms with E-state index in [-0.39, 0.29) is 76.0 Å². The van der Waals surface area contributed by atoms with Crippen molar-refractivity contribution in [3.8, 4) is 0 Å². The highest BCUT2D eigenvalue weighted by Crippen LogP contribution is 2.23. The van der Waals surface area contributed by atoms with Crippen molar-refractivity contribution in [2.45, 2.75) is 166 Å². The number of rotatable bonds is 31. The van der Waals surface area contributed by atoms with Crippen LogP contribution in [0.2, 0.25) is 0 Å². The van der Waals surface area contributed by atoms with E-state index in [2.05, 4.69) is 52.2 Å². The average molecular weight is 1130 g/mol. The van der Waals surface area contributed by atoms with Crippen LogP contribution in [0, 0.1) is 0 Å². The summed E-state index contributed by atoms with van der Waals surface area (Å²) in [4.78, 5) is 140. The van der Waals surface area contributed by atoms with Crippen molar-refractivity contribution in [2.75, 3.05) is 32.7 Å². The minimum atomic E-state index is -1.25. The third-order valence-corrected chi connectivity index (χ3v) is 14.3. The summed E-state index contributed by atoms with van der Waals surface area (Å²) < 4.78 is 0. The molecule has 25 heteroatoms. The molecule has 3 aromatic rings. The Morgan fingerprint density at radius 2 is 1.11 bits per heavy atom. The lowest BCUT2D eigenvalue weighted by atomic mass is 10.0. The summed E-state index contributed by atoms with van der Waals surface area (Å²) in [6.07, 6.45) is 6.63. The maximum Gasteiger partial charge on any atom is 0.246 e. The lowest BCUT2D eigenvalue weighted by Gasteiger charge is -2.31. The van der Waals surface area contributed by atoms with Crippen LogP contribution in [0.15, 0.2) is 70.8 Å². The van der Waals surface area contributed by atoms with Crippen LogP contribution in [0.1, 0.15) is 116 Å². The highest BCUT2D eigenvalue weighted by Gasteiger charge is 2.41. The molecular weight excluding hydrogens is 1040 g/mol.